The van der Waals surface area contributed by atoms with E-state index < -0.39 is 11.9 Å². The Hall–Kier alpha value is -4.46. The minimum Gasteiger partial charge on any atom is -0.353 e. The number of anilines is 2. The smallest absolute Gasteiger partial charge is 0.353 e. The number of halogens is 3. The summed E-state index contributed by atoms with van der Waals surface area (Å²) >= 11 is 0. The van der Waals surface area contributed by atoms with Crippen molar-refractivity contribution in [2.45, 2.75) is 38.4 Å². The van der Waals surface area contributed by atoms with Gasteiger partial charge in [-0.15, -0.1) is 0 Å². The number of benzene rings is 1. The SMILES string of the molecule is CCc1cc(Nc2nccn3c(-c4cn[nH]c4C(F)(F)F)cnc23)ccc1C(=O)NCCNC(=O)[C@@H]1CCCN1. The monoisotopic (exact) mass is 555 g/mol. The number of carbonyl (C=O) groups excluding carboxylic acids is 2. The highest BCUT2D eigenvalue weighted by Crippen LogP contribution is 2.36. The highest BCUT2D eigenvalue weighted by Gasteiger charge is 2.36. The first kappa shape index (κ1) is 27.1. The van der Waals surface area contributed by atoms with Crippen LogP contribution >= 0.6 is 0 Å². The van der Waals surface area contributed by atoms with Crippen LogP contribution in [-0.4, -0.2) is 62.1 Å². The van der Waals surface area contributed by atoms with E-state index in [-0.39, 0.29) is 29.1 Å². The summed E-state index contributed by atoms with van der Waals surface area (Å²) in [6.45, 7) is 3.38. The Morgan fingerprint density at radius 2 is 1.98 bits per heavy atom. The second-order valence-electron chi connectivity index (χ2n) is 9.32. The Bertz CT molecular complexity index is 1520. The van der Waals surface area contributed by atoms with E-state index >= 15 is 0 Å². The summed E-state index contributed by atoms with van der Waals surface area (Å²) < 4.78 is 41.7. The first-order valence-corrected chi connectivity index (χ1v) is 12.9. The van der Waals surface area contributed by atoms with Gasteiger partial charge >= 0.3 is 6.18 Å². The molecule has 5 rings (SSSR count). The molecule has 11 nitrogen and oxygen atoms in total. The van der Waals surface area contributed by atoms with Crippen LogP contribution in [0.25, 0.3) is 16.9 Å². The topological polar surface area (TPSA) is 141 Å². The third-order valence-electron chi connectivity index (χ3n) is 6.71. The van der Waals surface area contributed by atoms with Gasteiger partial charge in [0.15, 0.2) is 11.5 Å². The predicted octanol–water partition coefficient (Wildman–Crippen LogP) is 3.04. The van der Waals surface area contributed by atoms with E-state index in [9.17, 15) is 22.8 Å². The third-order valence-corrected chi connectivity index (χ3v) is 6.71. The Labute approximate surface area is 227 Å². The summed E-state index contributed by atoms with van der Waals surface area (Å²) in [5.41, 5.74) is 1.36. The summed E-state index contributed by atoms with van der Waals surface area (Å²) in [4.78, 5) is 33.5. The molecule has 4 heterocycles. The van der Waals surface area contributed by atoms with E-state index in [4.69, 9.17) is 0 Å². The lowest BCUT2D eigenvalue weighted by molar-refractivity contribution is -0.140. The number of nitrogens with one attached hydrogen (secondary N) is 5. The zero-order valence-corrected chi connectivity index (χ0v) is 21.6. The minimum atomic E-state index is -4.60. The predicted molar refractivity (Wildman–Crippen MR) is 141 cm³/mol. The zero-order chi connectivity index (χ0) is 28.3. The van der Waals surface area contributed by atoms with E-state index in [1.165, 1.54) is 23.0 Å². The third kappa shape index (κ3) is 5.61. The number of hydrogen-bond donors (Lipinski definition) is 5. The molecule has 1 fully saturated rings. The van der Waals surface area contributed by atoms with E-state index in [1.807, 2.05) is 18.1 Å². The van der Waals surface area contributed by atoms with Gasteiger partial charge in [0.1, 0.15) is 5.69 Å². The Kier molecular flexibility index (Phi) is 7.69. The molecule has 1 saturated heterocycles. The van der Waals surface area contributed by atoms with Crippen molar-refractivity contribution >= 4 is 29.0 Å². The van der Waals surface area contributed by atoms with E-state index in [0.717, 1.165) is 31.1 Å². The fourth-order valence-electron chi connectivity index (χ4n) is 4.71. The van der Waals surface area contributed by atoms with Gasteiger partial charge in [0.25, 0.3) is 5.91 Å². The fourth-order valence-corrected chi connectivity index (χ4v) is 4.71. The van der Waals surface area contributed by atoms with Crippen LogP contribution in [0.5, 0.6) is 0 Å². The molecule has 3 aromatic heterocycles. The van der Waals surface area contributed by atoms with Crippen LogP contribution in [0.4, 0.5) is 24.7 Å². The largest absolute Gasteiger partial charge is 0.433 e. The normalized spacial score (nSPS) is 15.3. The molecule has 210 valence electrons. The first-order chi connectivity index (χ1) is 19.3. The molecule has 1 aromatic carbocycles. The van der Waals surface area contributed by atoms with E-state index in [0.29, 0.717) is 42.2 Å². The molecule has 0 bridgehead atoms. The molecule has 1 aliphatic rings. The number of nitrogens with zero attached hydrogens (tertiary/aromatic N) is 4. The molecule has 1 aliphatic heterocycles. The van der Waals surface area contributed by atoms with Crippen molar-refractivity contribution in [2.75, 3.05) is 25.0 Å². The summed E-state index contributed by atoms with van der Waals surface area (Å²) in [6.07, 6.45) is 3.18. The van der Waals surface area contributed by atoms with E-state index in [1.54, 1.807) is 12.1 Å². The van der Waals surface area contributed by atoms with Gasteiger partial charge in [0, 0.05) is 36.7 Å². The van der Waals surface area contributed by atoms with Gasteiger partial charge in [-0.2, -0.15) is 18.3 Å². The molecular weight excluding hydrogens is 527 g/mol. The molecule has 40 heavy (non-hydrogen) atoms. The van der Waals surface area contributed by atoms with Crippen molar-refractivity contribution in [3.63, 3.8) is 0 Å². The molecule has 0 spiro atoms. The van der Waals surface area contributed by atoms with Crippen LogP contribution in [0.2, 0.25) is 0 Å². The standard InChI is InChI=1S/C26H28F3N9O2/c1-2-15-12-16(5-6-17(15)24(39)32-8-9-33-25(40)19-4-3-7-30-19)36-22-23-34-14-20(38(23)11-10-31-22)18-13-35-37-21(18)26(27,28)29/h5-6,10-14,19,30H,2-4,7-9H2,1H3,(H,31,36)(H,32,39)(H,33,40)(H,35,37)/t19-/m0/s1. The van der Waals surface area contributed by atoms with Gasteiger partial charge < -0.3 is 21.3 Å². The number of alkyl halides is 3. The van der Waals surface area contributed by atoms with Crippen LogP contribution < -0.4 is 21.3 Å². The average molecular weight is 556 g/mol. The zero-order valence-electron chi connectivity index (χ0n) is 21.6. The van der Waals surface area contributed by atoms with Gasteiger partial charge in [-0.3, -0.25) is 19.1 Å². The Morgan fingerprint density at radius 3 is 2.73 bits per heavy atom. The van der Waals surface area contributed by atoms with Crippen molar-refractivity contribution in [1.82, 2.24) is 40.5 Å². The minimum absolute atomic E-state index is 0.0600. The summed E-state index contributed by atoms with van der Waals surface area (Å²) in [5.74, 6) is 0.0168. The number of H-pyrrole nitrogens is 1. The number of aromatic amines is 1. The molecule has 0 saturated carbocycles. The highest BCUT2D eigenvalue weighted by molar-refractivity contribution is 5.96. The summed E-state index contributed by atoms with van der Waals surface area (Å²) in [6, 6.07) is 5.05. The summed E-state index contributed by atoms with van der Waals surface area (Å²) in [7, 11) is 0. The molecule has 14 heteroatoms. The lowest BCUT2D eigenvalue weighted by atomic mass is 10.0. The number of fused-ring (bicyclic) bond motifs is 1. The van der Waals surface area contributed by atoms with Gasteiger partial charge in [-0.05, 0) is 49.6 Å². The maximum Gasteiger partial charge on any atom is 0.433 e. The Balaban J connectivity index is 1.28. The summed E-state index contributed by atoms with van der Waals surface area (Å²) in [5, 5.41) is 17.5. The second-order valence-corrected chi connectivity index (χ2v) is 9.32. The molecule has 1 atom stereocenters. The lowest BCUT2D eigenvalue weighted by Crippen LogP contribution is -2.43. The number of aryl methyl sites for hydroxylation is 1. The molecule has 0 unspecified atom stereocenters. The van der Waals surface area contributed by atoms with Crippen molar-refractivity contribution in [2.24, 2.45) is 0 Å². The average Bonchev–Trinajstić information content (AvgIpc) is 3.71. The van der Waals surface area contributed by atoms with Gasteiger partial charge in [-0.1, -0.05) is 6.92 Å². The maximum absolute atomic E-state index is 13.4. The highest BCUT2D eigenvalue weighted by atomic mass is 19.4. The van der Waals surface area contributed by atoms with Crippen LogP contribution in [0.3, 0.4) is 0 Å². The van der Waals surface area contributed by atoms with E-state index in [2.05, 4.69) is 36.3 Å². The molecular formula is C26H28F3N9O2. The number of carbonyl (C=O) groups is 2. The van der Waals surface area contributed by atoms with Crippen molar-refractivity contribution in [1.29, 1.82) is 0 Å². The van der Waals surface area contributed by atoms with Gasteiger partial charge in [0.2, 0.25) is 5.91 Å². The second kappa shape index (κ2) is 11.3. The number of aromatic nitrogens is 5. The molecule has 2 amide bonds. The Morgan fingerprint density at radius 1 is 1.15 bits per heavy atom. The van der Waals surface area contributed by atoms with Crippen LogP contribution in [0.1, 0.15) is 41.4 Å². The number of imidazole rings is 1. The van der Waals surface area contributed by atoms with Gasteiger partial charge in [-0.25, -0.2) is 9.97 Å². The van der Waals surface area contributed by atoms with Crippen molar-refractivity contribution < 1.29 is 22.8 Å². The fraction of sp³-hybridized carbons (Fsp3) is 0.346. The number of amides is 2. The van der Waals surface area contributed by atoms with Gasteiger partial charge in [0.05, 0.1) is 29.7 Å². The first-order valence-electron chi connectivity index (χ1n) is 12.9. The number of hydrogen-bond acceptors (Lipinski definition) is 7. The van der Waals surface area contributed by atoms with Crippen LogP contribution in [-0.2, 0) is 17.4 Å². The van der Waals surface area contributed by atoms with Crippen LogP contribution in [0.15, 0.2) is 43.0 Å². The van der Waals surface area contributed by atoms with Crippen molar-refractivity contribution in [3.8, 4) is 11.3 Å². The molecule has 0 aliphatic carbocycles. The number of rotatable bonds is 9. The lowest BCUT2D eigenvalue weighted by Gasteiger charge is -2.14. The van der Waals surface area contributed by atoms with Crippen LogP contribution in [0, 0.1) is 0 Å². The molecule has 5 N–H and O–H groups in total. The molecule has 4 aromatic rings. The quantitative estimate of drug-likeness (QED) is 0.200. The molecule has 0 radical (unpaired) electrons. The van der Waals surface area contributed by atoms with Crippen molar-refractivity contribution in [3.05, 3.63) is 59.8 Å². The maximum atomic E-state index is 13.4.